The van der Waals surface area contributed by atoms with Gasteiger partial charge in [-0.25, -0.2) is 0 Å². The van der Waals surface area contributed by atoms with Gasteiger partial charge < -0.3 is 0 Å². The highest BCUT2D eigenvalue weighted by Crippen LogP contribution is 2.41. The Hall–Kier alpha value is -2.42. The van der Waals surface area contributed by atoms with Crippen LogP contribution in [-0.4, -0.2) is 10.2 Å². The van der Waals surface area contributed by atoms with E-state index < -0.39 is 0 Å². The molecule has 0 aliphatic carbocycles. The summed E-state index contributed by atoms with van der Waals surface area (Å²) in [5, 5.41) is 1.08. The smallest absolute Gasteiger partial charge is 0.0622 e. The highest BCUT2D eigenvalue weighted by atomic mass is 79.9. The van der Waals surface area contributed by atoms with Gasteiger partial charge in [-0.15, -0.1) is 0 Å². The Kier molecular flexibility index (Phi) is 4.87. The Bertz CT molecular complexity index is 1030. The van der Waals surface area contributed by atoms with E-state index >= 15 is 0 Å². The summed E-state index contributed by atoms with van der Waals surface area (Å²) in [5.74, 6) is 0. The van der Waals surface area contributed by atoms with E-state index in [9.17, 15) is 0 Å². The van der Waals surface area contributed by atoms with Crippen molar-refractivity contribution in [2.45, 2.75) is 0 Å². The zero-order valence-corrected chi connectivity index (χ0v) is 16.7. The van der Waals surface area contributed by atoms with Crippen molar-refractivity contribution >= 4 is 31.4 Å². The number of rotatable bonds is 3. The minimum atomic E-state index is 1.08. The third-order valence-corrected chi connectivity index (χ3v) is 5.69. The molecule has 0 spiro atoms. The first kappa shape index (κ1) is 17.0. The first-order valence-electron chi connectivity index (χ1n) is 8.50. The summed E-state index contributed by atoms with van der Waals surface area (Å²) in [6, 6.07) is 33.7. The van der Waals surface area contributed by atoms with Crippen LogP contribution in [0.2, 0.25) is 0 Å². The Morgan fingerprint density at radius 2 is 0.962 bits per heavy atom. The second-order valence-corrected chi connectivity index (χ2v) is 7.47. The van der Waals surface area contributed by atoms with Crippen LogP contribution in [0.4, 0.5) is 0 Å². The van der Waals surface area contributed by atoms with E-state index in [1.807, 2.05) is 12.1 Å². The van der Waals surface area contributed by atoms with Gasteiger partial charge in [0.25, 0.3) is 0 Å². The van der Waals surface area contributed by atoms with Crippen LogP contribution in [0.5, 0.6) is 0 Å². The van der Waals surface area contributed by atoms with E-state index in [4.69, 9.17) is 0 Å². The van der Waals surface area contributed by atoms with Gasteiger partial charge in [-0.2, -0.15) is 0 Å². The fourth-order valence-corrected chi connectivity index (χ4v) is 4.45. The van der Waals surface area contributed by atoms with Crippen molar-refractivity contribution in [2.75, 3.05) is 0 Å². The van der Waals surface area contributed by atoms with Crippen LogP contribution < -0.4 is 5.19 Å². The van der Waals surface area contributed by atoms with E-state index in [0.29, 0.717) is 0 Å². The highest BCUT2D eigenvalue weighted by Gasteiger charge is 2.18. The number of benzene rings is 4. The minimum absolute atomic E-state index is 1.08. The van der Waals surface area contributed by atoms with Crippen molar-refractivity contribution in [2.24, 2.45) is 0 Å². The first-order valence-corrected chi connectivity index (χ1v) is 9.79. The van der Waals surface area contributed by atoms with Gasteiger partial charge in [-0.1, -0.05) is 102 Å². The van der Waals surface area contributed by atoms with Crippen molar-refractivity contribution < 1.29 is 0 Å². The monoisotopic (exact) mass is 411 g/mol. The topological polar surface area (TPSA) is 0 Å². The molecule has 123 valence electrons. The summed E-state index contributed by atoms with van der Waals surface area (Å²) in [5.41, 5.74) is 7.14. The largest absolute Gasteiger partial charge is 0.0721 e. The summed E-state index contributed by atoms with van der Waals surface area (Å²) < 4.78 is 1.11. The molecule has 0 aliphatic heterocycles. The van der Waals surface area contributed by atoms with Crippen LogP contribution in [0, 0.1) is 0 Å². The Labute approximate surface area is 166 Å². The molecular weight excluding hydrogens is 396 g/mol. The summed E-state index contributed by atoms with van der Waals surface area (Å²) in [7, 11) is 3.90. The van der Waals surface area contributed by atoms with Crippen LogP contribution >= 0.6 is 15.9 Å². The zero-order valence-electron chi connectivity index (χ0n) is 14.1. The maximum absolute atomic E-state index is 3.92. The van der Waals surface area contributed by atoms with Crippen molar-refractivity contribution in [3.05, 3.63) is 102 Å². The molecule has 4 aromatic carbocycles. The Balaban J connectivity index is 2.06. The summed E-state index contributed by atoms with van der Waals surface area (Å²) in [6.45, 7) is 0. The predicted molar refractivity (Wildman–Crippen MR) is 116 cm³/mol. The highest BCUT2D eigenvalue weighted by molar-refractivity contribution is 9.10. The molecule has 0 fully saturated rings. The molecule has 26 heavy (non-hydrogen) atoms. The third-order valence-electron chi connectivity index (χ3n) is 4.47. The van der Waals surface area contributed by atoms with E-state index in [0.717, 1.165) is 9.66 Å². The second kappa shape index (κ2) is 7.44. The molecular formula is C24H16BrSi. The maximum atomic E-state index is 3.92. The molecule has 4 aromatic rings. The third kappa shape index (κ3) is 3.18. The van der Waals surface area contributed by atoms with Crippen LogP contribution in [0.15, 0.2) is 102 Å². The molecule has 0 aliphatic rings. The van der Waals surface area contributed by atoms with Gasteiger partial charge >= 0.3 is 0 Å². The van der Waals surface area contributed by atoms with Gasteiger partial charge in [0.15, 0.2) is 0 Å². The molecule has 0 aromatic heterocycles. The van der Waals surface area contributed by atoms with Gasteiger partial charge in [0.1, 0.15) is 0 Å². The molecule has 0 nitrogen and oxygen atoms in total. The van der Waals surface area contributed by atoms with Crippen molar-refractivity contribution in [3.8, 4) is 33.4 Å². The molecule has 0 heterocycles. The normalized spacial score (nSPS) is 10.7. The quantitative estimate of drug-likeness (QED) is 0.349. The van der Waals surface area contributed by atoms with Gasteiger partial charge in [0, 0.05) is 10.0 Å². The fraction of sp³-hybridized carbons (Fsp3) is 0. The maximum Gasteiger partial charge on any atom is 0.0721 e. The summed E-state index contributed by atoms with van der Waals surface area (Å²) in [4.78, 5) is 0. The lowest BCUT2D eigenvalue weighted by Crippen LogP contribution is -2.10. The van der Waals surface area contributed by atoms with Crippen LogP contribution in [0.3, 0.4) is 0 Å². The van der Waals surface area contributed by atoms with E-state index in [1.54, 1.807) is 0 Å². The van der Waals surface area contributed by atoms with E-state index in [2.05, 4.69) is 111 Å². The molecule has 0 saturated carbocycles. The molecule has 0 N–H and O–H groups in total. The molecule has 0 amide bonds. The SMILES string of the molecule is [Si]c1cc(-c2ccccc2)c(Br)c(-c2ccccc2)c1-c1ccccc1. The van der Waals surface area contributed by atoms with E-state index in [1.165, 1.54) is 33.4 Å². The second-order valence-electron chi connectivity index (χ2n) is 6.13. The van der Waals surface area contributed by atoms with Crippen LogP contribution in [0.25, 0.3) is 33.4 Å². The summed E-state index contributed by atoms with van der Waals surface area (Å²) in [6.07, 6.45) is 0. The molecule has 2 heteroatoms. The van der Waals surface area contributed by atoms with Gasteiger partial charge in [-0.05, 0) is 43.7 Å². The molecule has 0 bridgehead atoms. The number of hydrogen-bond donors (Lipinski definition) is 0. The molecule has 0 atom stereocenters. The number of halogens is 1. The lowest BCUT2D eigenvalue weighted by molar-refractivity contribution is 1.55. The lowest BCUT2D eigenvalue weighted by atomic mass is 9.91. The fourth-order valence-electron chi connectivity index (χ4n) is 3.27. The molecule has 4 rings (SSSR count). The Morgan fingerprint density at radius 1 is 0.538 bits per heavy atom. The molecule has 0 saturated heterocycles. The van der Waals surface area contributed by atoms with E-state index in [-0.39, 0.29) is 0 Å². The van der Waals surface area contributed by atoms with Gasteiger partial charge in [0.2, 0.25) is 0 Å². The van der Waals surface area contributed by atoms with Crippen molar-refractivity contribution in [3.63, 3.8) is 0 Å². The zero-order chi connectivity index (χ0) is 17.9. The average Bonchev–Trinajstić information content (AvgIpc) is 2.71. The van der Waals surface area contributed by atoms with Crippen molar-refractivity contribution in [1.82, 2.24) is 0 Å². The van der Waals surface area contributed by atoms with Crippen molar-refractivity contribution in [1.29, 1.82) is 0 Å². The predicted octanol–water partition coefficient (Wildman–Crippen LogP) is 6.24. The average molecular weight is 412 g/mol. The molecule has 3 radical (unpaired) electrons. The standard InChI is InChI=1S/C24H16BrSi/c25-24-20(17-10-4-1-5-11-17)16-21(26)22(18-12-6-2-7-13-18)23(24)19-14-8-3-9-15-19/h1-16H. The van der Waals surface area contributed by atoms with Crippen LogP contribution in [-0.2, 0) is 0 Å². The molecule has 0 unspecified atom stereocenters. The van der Waals surface area contributed by atoms with Crippen LogP contribution in [0.1, 0.15) is 0 Å². The minimum Gasteiger partial charge on any atom is -0.0622 e. The lowest BCUT2D eigenvalue weighted by Gasteiger charge is -2.19. The Morgan fingerprint density at radius 3 is 1.46 bits per heavy atom. The number of hydrogen-bond acceptors (Lipinski definition) is 0. The van der Waals surface area contributed by atoms with Gasteiger partial charge in [-0.3, -0.25) is 0 Å². The first-order chi connectivity index (χ1) is 12.8. The summed E-state index contributed by atoms with van der Waals surface area (Å²) >= 11 is 3.92. The van der Waals surface area contributed by atoms with Gasteiger partial charge in [0.05, 0.1) is 10.2 Å².